The van der Waals surface area contributed by atoms with Gasteiger partial charge in [-0.15, -0.1) is 0 Å². The van der Waals surface area contributed by atoms with Crippen LogP contribution in [0, 0.1) is 0 Å². The van der Waals surface area contributed by atoms with E-state index in [1.165, 1.54) is 5.01 Å². The van der Waals surface area contributed by atoms with Crippen LogP contribution >= 0.6 is 15.9 Å². The number of hydrogen-bond acceptors (Lipinski definition) is 3. The number of amides is 1. The zero-order valence-corrected chi connectivity index (χ0v) is 16.2. The monoisotopic (exact) mass is 426 g/mol. The molecule has 1 aliphatic rings. The number of carboxylic acids is 1. The first-order chi connectivity index (χ1) is 13.0. The Morgan fingerprint density at radius 2 is 1.93 bits per heavy atom. The van der Waals surface area contributed by atoms with E-state index < -0.39 is 5.97 Å². The summed E-state index contributed by atoms with van der Waals surface area (Å²) >= 11 is 3.46. The molecule has 1 unspecified atom stereocenters. The lowest BCUT2D eigenvalue weighted by Gasteiger charge is -2.18. The molecule has 2 aromatic carbocycles. The number of aliphatic carboxylic acids is 1. The van der Waals surface area contributed by atoms with Gasteiger partial charge >= 0.3 is 5.97 Å². The van der Waals surface area contributed by atoms with E-state index in [0.717, 1.165) is 21.3 Å². The zero-order valence-electron chi connectivity index (χ0n) is 14.6. The van der Waals surface area contributed by atoms with E-state index in [9.17, 15) is 9.59 Å². The molecule has 2 aromatic rings. The van der Waals surface area contributed by atoms with Gasteiger partial charge in [-0.25, -0.2) is 5.01 Å². The first-order valence-corrected chi connectivity index (χ1v) is 9.43. The smallest absolute Gasteiger partial charge is 0.303 e. The van der Waals surface area contributed by atoms with Crippen LogP contribution in [0.4, 0.5) is 0 Å². The van der Waals surface area contributed by atoms with Gasteiger partial charge in [-0.1, -0.05) is 70.5 Å². The van der Waals surface area contributed by atoms with Crippen LogP contribution in [-0.2, 0) is 9.59 Å². The van der Waals surface area contributed by atoms with Gasteiger partial charge in [0.15, 0.2) is 0 Å². The Labute approximate surface area is 166 Å². The Hall–Kier alpha value is -2.73. The fourth-order valence-electron chi connectivity index (χ4n) is 2.88. The van der Waals surface area contributed by atoms with Crippen molar-refractivity contribution in [3.05, 3.63) is 76.3 Å². The number of hydrazone groups is 1. The van der Waals surface area contributed by atoms with Crippen molar-refractivity contribution in [2.75, 3.05) is 0 Å². The minimum atomic E-state index is -0.991. The van der Waals surface area contributed by atoms with Crippen LogP contribution in [-0.4, -0.2) is 33.7 Å². The molecule has 1 heterocycles. The highest BCUT2D eigenvalue weighted by Crippen LogP contribution is 2.24. The molecule has 0 radical (unpaired) electrons. The maximum atomic E-state index is 12.5. The Morgan fingerprint density at radius 1 is 1.15 bits per heavy atom. The van der Waals surface area contributed by atoms with Gasteiger partial charge in [-0.05, 0) is 23.3 Å². The summed E-state index contributed by atoms with van der Waals surface area (Å²) in [6.07, 6.45) is 4.22. The third kappa shape index (κ3) is 5.14. The predicted molar refractivity (Wildman–Crippen MR) is 108 cm³/mol. The van der Waals surface area contributed by atoms with Gasteiger partial charge in [0.05, 0.1) is 18.2 Å². The Kier molecular flexibility index (Phi) is 6.19. The van der Waals surface area contributed by atoms with Gasteiger partial charge < -0.3 is 5.11 Å². The summed E-state index contributed by atoms with van der Waals surface area (Å²) in [5.41, 5.74) is 2.78. The number of nitrogens with zero attached hydrogens (tertiary/aromatic N) is 2. The quantitative estimate of drug-likeness (QED) is 0.746. The molecule has 0 saturated heterocycles. The molecule has 0 saturated carbocycles. The highest BCUT2D eigenvalue weighted by Gasteiger charge is 2.30. The number of carbonyl (C=O) groups is 2. The lowest BCUT2D eigenvalue weighted by Crippen LogP contribution is -2.31. The Balaban J connectivity index is 1.83. The fourth-order valence-corrected chi connectivity index (χ4v) is 3.28. The van der Waals surface area contributed by atoms with E-state index in [-0.39, 0.29) is 24.8 Å². The third-order valence-electron chi connectivity index (χ3n) is 4.22. The first-order valence-electron chi connectivity index (χ1n) is 8.63. The second-order valence-corrected chi connectivity index (χ2v) is 7.15. The van der Waals surface area contributed by atoms with Crippen LogP contribution in [0.15, 0.2) is 70.2 Å². The SMILES string of the molecule is O=C(O)CCC(=O)N1N=C(c2cccc(Br)c2)CC1/C=C/c1ccccc1. The molecule has 1 atom stereocenters. The van der Waals surface area contributed by atoms with Crippen LogP contribution in [0.1, 0.15) is 30.4 Å². The number of benzene rings is 2. The second kappa shape index (κ2) is 8.77. The molecule has 27 heavy (non-hydrogen) atoms. The van der Waals surface area contributed by atoms with Crippen LogP contribution in [0.3, 0.4) is 0 Å². The average Bonchev–Trinajstić information content (AvgIpc) is 3.10. The van der Waals surface area contributed by atoms with Gasteiger partial charge in [-0.2, -0.15) is 5.10 Å². The number of rotatable bonds is 6. The van der Waals surface area contributed by atoms with Crippen molar-refractivity contribution in [2.45, 2.75) is 25.3 Å². The summed E-state index contributed by atoms with van der Waals surface area (Å²) in [7, 11) is 0. The Bertz CT molecular complexity index is 893. The summed E-state index contributed by atoms with van der Waals surface area (Å²) in [5, 5.41) is 14.8. The lowest BCUT2D eigenvalue weighted by atomic mass is 10.0. The van der Waals surface area contributed by atoms with Crippen LogP contribution in [0.5, 0.6) is 0 Å². The molecule has 0 aromatic heterocycles. The maximum Gasteiger partial charge on any atom is 0.303 e. The number of carbonyl (C=O) groups excluding carboxylic acids is 1. The topological polar surface area (TPSA) is 70.0 Å². The summed E-state index contributed by atoms with van der Waals surface area (Å²) in [5.74, 6) is -1.28. The number of carboxylic acid groups (broad SMARTS) is 1. The van der Waals surface area contributed by atoms with Gasteiger partial charge in [-0.3, -0.25) is 9.59 Å². The van der Waals surface area contributed by atoms with Crippen molar-refractivity contribution >= 4 is 39.6 Å². The van der Waals surface area contributed by atoms with Crippen molar-refractivity contribution in [1.29, 1.82) is 0 Å². The normalized spacial score (nSPS) is 16.6. The summed E-state index contributed by atoms with van der Waals surface area (Å²) in [6.45, 7) is 0. The van der Waals surface area contributed by atoms with E-state index in [1.807, 2.05) is 66.7 Å². The highest BCUT2D eigenvalue weighted by molar-refractivity contribution is 9.10. The largest absolute Gasteiger partial charge is 0.481 e. The first kappa shape index (κ1) is 19.0. The molecule has 0 bridgehead atoms. The molecule has 0 spiro atoms. The van der Waals surface area contributed by atoms with Crippen molar-refractivity contribution in [2.24, 2.45) is 5.10 Å². The van der Waals surface area contributed by atoms with E-state index in [0.29, 0.717) is 6.42 Å². The average molecular weight is 427 g/mol. The van der Waals surface area contributed by atoms with Gasteiger partial charge in [0.25, 0.3) is 0 Å². The number of hydrogen-bond donors (Lipinski definition) is 1. The van der Waals surface area contributed by atoms with Crippen molar-refractivity contribution in [3.63, 3.8) is 0 Å². The number of halogens is 1. The molecule has 0 aliphatic carbocycles. The molecule has 1 N–H and O–H groups in total. The van der Waals surface area contributed by atoms with E-state index in [2.05, 4.69) is 21.0 Å². The molecule has 1 aliphatic heterocycles. The van der Waals surface area contributed by atoms with E-state index in [1.54, 1.807) is 0 Å². The molecule has 3 rings (SSSR count). The predicted octanol–water partition coefficient (Wildman–Crippen LogP) is 4.33. The van der Waals surface area contributed by atoms with Crippen LogP contribution in [0.25, 0.3) is 6.08 Å². The lowest BCUT2D eigenvalue weighted by molar-refractivity contribution is -0.141. The molecule has 1 amide bonds. The van der Waals surface area contributed by atoms with Gasteiger partial charge in [0.1, 0.15) is 0 Å². The van der Waals surface area contributed by atoms with Crippen molar-refractivity contribution in [1.82, 2.24) is 5.01 Å². The van der Waals surface area contributed by atoms with E-state index >= 15 is 0 Å². The highest BCUT2D eigenvalue weighted by atomic mass is 79.9. The molecule has 5 nitrogen and oxygen atoms in total. The maximum absolute atomic E-state index is 12.5. The Morgan fingerprint density at radius 3 is 2.63 bits per heavy atom. The van der Waals surface area contributed by atoms with Gasteiger partial charge in [0, 0.05) is 17.3 Å². The van der Waals surface area contributed by atoms with E-state index in [4.69, 9.17) is 5.11 Å². The summed E-state index contributed by atoms with van der Waals surface area (Å²) in [6, 6.07) is 17.4. The fraction of sp³-hybridized carbons (Fsp3) is 0.190. The molecule has 138 valence electrons. The van der Waals surface area contributed by atoms with Crippen LogP contribution in [0.2, 0.25) is 0 Å². The minimum Gasteiger partial charge on any atom is -0.481 e. The van der Waals surface area contributed by atoms with Crippen molar-refractivity contribution < 1.29 is 14.7 Å². The van der Waals surface area contributed by atoms with Crippen molar-refractivity contribution in [3.8, 4) is 0 Å². The van der Waals surface area contributed by atoms with Gasteiger partial charge in [0.2, 0.25) is 5.91 Å². The molecule has 6 heteroatoms. The van der Waals surface area contributed by atoms with Crippen LogP contribution < -0.4 is 0 Å². The minimum absolute atomic E-state index is 0.0692. The molecular weight excluding hydrogens is 408 g/mol. The third-order valence-corrected chi connectivity index (χ3v) is 4.71. The zero-order chi connectivity index (χ0) is 19.2. The standard InChI is InChI=1S/C21H19BrN2O3/c22-17-8-4-7-16(13-17)19-14-18(10-9-15-5-2-1-3-6-15)24(23-19)20(25)11-12-21(26)27/h1-10,13,18H,11-12,14H2,(H,26,27)/b10-9+. The molecular formula is C21H19BrN2O3. The summed E-state index contributed by atoms with van der Waals surface area (Å²) < 4.78 is 0.940. The summed E-state index contributed by atoms with van der Waals surface area (Å²) in [4.78, 5) is 23.3. The second-order valence-electron chi connectivity index (χ2n) is 6.23. The molecule has 0 fully saturated rings.